The van der Waals surface area contributed by atoms with Crippen LogP contribution in [0.5, 0.6) is 0 Å². The van der Waals surface area contributed by atoms with Gasteiger partial charge in [-0.2, -0.15) is 0 Å². The molecule has 0 aliphatic rings. The first-order valence-corrected chi connectivity index (χ1v) is 8.70. The van der Waals surface area contributed by atoms with E-state index in [0.29, 0.717) is 12.1 Å². The van der Waals surface area contributed by atoms with Gasteiger partial charge in [0.25, 0.3) is 5.91 Å². The van der Waals surface area contributed by atoms with Gasteiger partial charge in [0.1, 0.15) is 0 Å². The van der Waals surface area contributed by atoms with Crippen LogP contribution in [0.4, 0.5) is 0 Å². The van der Waals surface area contributed by atoms with E-state index in [-0.39, 0.29) is 18.4 Å². The van der Waals surface area contributed by atoms with Crippen molar-refractivity contribution in [1.82, 2.24) is 5.32 Å². The molecule has 1 heterocycles. The number of thiophene rings is 1. The van der Waals surface area contributed by atoms with Crippen molar-refractivity contribution in [2.75, 3.05) is 13.2 Å². The average molecular weight is 321 g/mol. The van der Waals surface area contributed by atoms with E-state index in [1.807, 2.05) is 37.3 Å². The molecule has 21 heavy (non-hydrogen) atoms. The largest absolute Gasteiger partial charge is 0.396 e. The third-order valence-electron chi connectivity index (χ3n) is 3.00. The minimum Gasteiger partial charge on any atom is -0.396 e. The van der Waals surface area contributed by atoms with E-state index < -0.39 is 0 Å². The van der Waals surface area contributed by atoms with Crippen molar-refractivity contribution in [3.63, 3.8) is 0 Å². The van der Waals surface area contributed by atoms with Crippen LogP contribution in [0.2, 0.25) is 0 Å². The molecule has 1 amide bonds. The third kappa shape index (κ3) is 4.88. The molecule has 0 saturated carbocycles. The molecule has 3 nitrogen and oxygen atoms in total. The summed E-state index contributed by atoms with van der Waals surface area (Å²) in [4.78, 5) is 14.5. The Morgan fingerprint density at radius 3 is 2.86 bits per heavy atom. The van der Waals surface area contributed by atoms with Crippen molar-refractivity contribution in [1.29, 1.82) is 0 Å². The Balaban J connectivity index is 2.00. The molecule has 0 spiro atoms. The second kappa shape index (κ2) is 8.22. The Morgan fingerprint density at radius 1 is 1.33 bits per heavy atom. The average Bonchev–Trinajstić information content (AvgIpc) is 3.04. The van der Waals surface area contributed by atoms with Crippen molar-refractivity contribution in [2.24, 2.45) is 5.92 Å². The smallest absolute Gasteiger partial charge is 0.252 e. The minimum atomic E-state index is -0.0791. The van der Waals surface area contributed by atoms with E-state index in [4.69, 9.17) is 5.11 Å². The molecule has 2 N–H and O–H groups in total. The lowest BCUT2D eigenvalue weighted by Gasteiger charge is -2.12. The number of benzene rings is 1. The fourth-order valence-corrected chi connectivity index (χ4v) is 3.57. The molecule has 1 aromatic carbocycles. The molecular weight excluding hydrogens is 302 g/mol. The van der Waals surface area contributed by atoms with Crippen LogP contribution in [-0.4, -0.2) is 24.2 Å². The fraction of sp³-hybridized carbons (Fsp3) is 0.312. The normalized spacial score (nSPS) is 12.1. The van der Waals surface area contributed by atoms with Gasteiger partial charge in [0.2, 0.25) is 0 Å². The van der Waals surface area contributed by atoms with Crippen LogP contribution in [-0.2, 0) is 5.75 Å². The van der Waals surface area contributed by atoms with Crippen LogP contribution in [0.15, 0.2) is 46.7 Å². The van der Waals surface area contributed by atoms with Gasteiger partial charge in [-0.25, -0.2) is 0 Å². The number of aliphatic hydroxyl groups is 1. The third-order valence-corrected chi connectivity index (χ3v) is 5.19. The molecule has 0 fully saturated rings. The van der Waals surface area contributed by atoms with Crippen LogP contribution in [0.25, 0.3) is 0 Å². The Labute approximate surface area is 133 Å². The van der Waals surface area contributed by atoms with Gasteiger partial charge in [-0.15, -0.1) is 23.1 Å². The SMILES string of the molecule is CC(CO)CNC(=O)c1ccccc1SCc1cccs1. The lowest BCUT2D eigenvalue weighted by atomic mass is 10.1. The van der Waals surface area contributed by atoms with Gasteiger partial charge in [0.05, 0.1) is 5.56 Å². The summed E-state index contributed by atoms with van der Waals surface area (Å²) in [5.74, 6) is 0.860. The summed E-state index contributed by atoms with van der Waals surface area (Å²) in [6, 6.07) is 11.8. The first-order chi connectivity index (χ1) is 10.2. The van der Waals surface area contributed by atoms with Crippen molar-refractivity contribution in [3.8, 4) is 0 Å². The molecule has 112 valence electrons. The highest BCUT2D eigenvalue weighted by Gasteiger charge is 2.12. The van der Waals surface area contributed by atoms with Gasteiger partial charge in [0, 0.05) is 28.7 Å². The van der Waals surface area contributed by atoms with Gasteiger partial charge in [-0.1, -0.05) is 25.1 Å². The summed E-state index contributed by atoms with van der Waals surface area (Å²) in [5, 5.41) is 13.9. The molecule has 2 rings (SSSR count). The summed E-state index contributed by atoms with van der Waals surface area (Å²) >= 11 is 3.40. The van der Waals surface area contributed by atoms with Crippen molar-refractivity contribution in [3.05, 3.63) is 52.2 Å². The van der Waals surface area contributed by atoms with Crippen LogP contribution < -0.4 is 5.32 Å². The molecule has 0 radical (unpaired) electrons. The molecule has 1 aromatic heterocycles. The molecule has 2 aromatic rings. The van der Waals surface area contributed by atoms with Gasteiger partial charge in [0.15, 0.2) is 0 Å². The summed E-state index contributed by atoms with van der Waals surface area (Å²) in [7, 11) is 0. The number of hydrogen-bond donors (Lipinski definition) is 2. The standard InChI is InChI=1S/C16H19NO2S2/c1-12(10-18)9-17-16(19)14-6-2-3-7-15(14)21-11-13-5-4-8-20-13/h2-8,12,18H,9-11H2,1H3,(H,17,19). The Bertz CT molecular complexity index is 569. The van der Waals surface area contributed by atoms with E-state index in [9.17, 15) is 4.79 Å². The zero-order valence-electron chi connectivity index (χ0n) is 11.9. The minimum absolute atomic E-state index is 0.0693. The highest BCUT2D eigenvalue weighted by molar-refractivity contribution is 7.98. The van der Waals surface area contributed by atoms with Gasteiger partial charge in [-0.05, 0) is 29.5 Å². The summed E-state index contributed by atoms with van der Waals surface area (Å²) in [6.07, 6.45) is 0. The number of amides is 1. The fourth-order valence-electron chi connectivity index (χ4n) is 1.75. The summed E-state index contributed by atoms with van der Waals surface area (Å²) < 4.78 is 0. The molecule has 1 unspecified atom stereocenters. The first-order valence-electron chi connectivity index (χ1n) is 6.84. The number of nitrogens with one attached hydrogen (secondary N) is 1. The maximum absolute atomic E-state index is 12.2. The van der Waals surface area contributed by atoms with Gasteiger partial charge in [-0.3, -0.25) is 4.79 Å². The maximum Gasteiger partial charge on any atom is 0.252 e. The van der Waals surface area contributed by atoms with Crippen LogP contribution in [0, 0.1) is 5.92 Å². The molecule has 0 saturated heterocycles. The summed E-state index contributed by atoms with van der Waals surface area (Å²) in [6.45, 7) is 2.46. The van der Waals surface area contributed by atoms with Crippen LogP contribution in [0.1, 0.15) is 22.2 Å². The zero-order chi connectivity index (χ0) is 15.1. The van der Waals surface area contributed by atoms with E-state index in [1.165, 1.54) is 4.88 Å². The number of aliphatic hydroxyl groups excluding tert-OH is 1. The molecular formula is C16H19NO2S2. The van der Waals surface area contributed by atoms with Crippen molar-refractivity contribution < 1.29 is 9.90 Å². The number of hydrogen-bond acceptors (Lipinski definition) is 4. The van der Waals surface area contributed by atoms with Crippen molar-refractivity contribution in [2.45, 2.75) is 17.6 Å². The molecule has 1 atom stereocenters. The molecule has 0 aliphatic carbocycles. The van der Waals surface area contributed by atoms with Crippen LogP contribution in [0.3, 0.4) is 0 Å². The molecule has 5 heteroatoms. The lowest BCUT2D eigenvalue weighted by Crippen LogP contribution is -2.29. The Morgan fingerprint density at radius 2 is 2.14 bits per heavy atom. The lowest BCUT2D eigenvalue weighted by molar-refractivity contribution is 0.0939. The quantitative estimate of drug-likeness (QED) is 0.769. The number of rotatable bonds is 7. The first kappa shape index (κ1) is 16.1. The van der Waals surface area contributed by atoms with E-state index >= 15 is 0 Å². The zero-order valence-corrected chi connectivity index (χ0v) is 13.5. The molecule has 0 aliphatic heterocycles. The maximum atomic E-state index is 12.2. The Kier molecular flexibility index (Phi) is 6.29. The van der Waals surface area contributed by atoms with Crippen molar-refractivity contribution >= 4 is 29.0 Å². The highest BCUT2D eigenvalue weighted by atomic mass is 32.2. The predicted molar refractivity (Wildman–Crippen MR) is 88.9 cm³/mol. The number of carbonyl (C=O) groups is 1. The predicted octanol–water partition coefficient (Wildman–Crippen LogP) is 3.40. The van der Waals surface area contributed by atoms with Crippen LogP contribution >= 0.6 is 23.1 Å². The second-order valence-electron chi connectivity index (χ2n) is 4.86. The topological polar surface area (TPSA) is 49.3 Å². The second-order valence-corrected chi connectivity index (χ2v) is 6.91. The van der Waals surface area contributed by atoms with Gasteiger partial charge < -0.3 is 10.4 Å². The number of carbonyl (C=O) groups excluding carboxylic acids is 1. The monoisotopic (exact) mass is 321 g/mol. The van der Waals surface area contributed by atoms with Gasteiger partial charge >= 0.3 is 0 Å². The van der Waals surface area contributed by atoms with E-state index in [1.54, 1.807) is 23.1 Å². The summed E-state index contributed by atoms with van der Waals surface area (Å²) in [5.41, 5.74) is 0.698. The number of thioether (sulfide) groups is 1. The highest BCUT2D eigenvalue weighted by Crippen LogP contribution is 2.27. The van der Waals surface area contributed by atoms with E-state index in [0.717, 1.165) is 10.6 Å². The van der Waals surface area contributed by atoms with E-state index in [2.05, 4.69) is 16.8 Å². The Hall–Kier alpha value is -1.30. The molecule has 0 bridgehead atoms.